The first-order valence-electron chi connectivity index (χ1n) is 4.55. The van der Waals surface area contributed by atoms with Gasteiger partial charge in [0, 0.05) is 25.2 Å². The van der Waals surface area contributed by atoms with Crippen LogP contribution < -0.4 is 0 Å². The third-order valence-electron chi connectivity index (χ3n) is 1.93. The van der Waals surface area contributed by atoms with Gasteiger partial charge in [-0.25, -0.2) is 4.79 Å². The average molecular weight is 215 g/mol. The average Bonchev–Trinajstić information content (AvgIpc) is 2.39. The maximum Gasteiger partial charge on any atom is 0.328 e. The summed E-state index contributed by atoms with van der Waals surface area (Å²) in [6.07, 6.45) is 1.04. The van der Waals surface area contributed by atoms with Gasteiger partial charge >= 0.3 is 5.97 Å². The van der Waals surface area contributed by atoms with E-state index in [1.54, 1.807) is 0 Å². The number of amides is 1. The van der Waals surface area contributed by atoms with Gasteiger partial charge in [-0.15, -0.1) is 0 Å². The number of rotatable bonds is 2. The molecule has 6 heteroatoms. The summed E-state index contributed by atoms with van der Waals surface area (Å²) in [5, 5.41) is 17.7. The highest BCUT2D eigenvalue weighted by Crippen LogP contribution is 2.01. The lowest BCUT2D eigenvalue weighted by atomic mass is 10.3. The normalized spacial score (nSPS) is 22.7. The van der Waals surface area contributed by atoms with E-state index in [9.17, 15) is 14.7 Å². The molecule has 2 N–H and O–H groups in total. The maximum absolute atomic E-state index is 11.4. The van der Waals surface area contributed by atoms with Crippen molar-refractivity contribution in [1.29, 1.82) is 0 Å². The van der Waals surface area contributed by atoms with Gasteiger partial charge in [0.2, 0.25) is 5.91 Å². The van der Waals surface area contributed by atoms with Crippen molar-refractivity contribution in [2.45, 2.75) is 6.10 Å². The largest absolute Gasteiger partial charge is 0.478 e. The third-order valence-corrected chi connectivity index (χ3v) is 1.93. The molecular weight excluding hydrogens is 202 g/mol. The molecule has 1 rings (SSSR count). The molecule has 1 aliphatic heterocycles. The lowest BCUT2D eigenvalue weighted by molar-refractivity contribution is -0.132. The molecule has 0 aliphatic carbocycles. The highest BCUT2D eigenvalue weighted by Gasteiger charge is 2.19. The summed E-state index contributed by atoms with van der Waals surface area (Å²) in [5.41, 5.74) is 0. The Morgan fingerprint density at radius 3 is 2.80 bits per heavy atom. The lowest BCUT2D eigenvalue weighted by Gasteiger charge is -2.19. The number of carbonyl (C=O) groups is 2. The van der Waals surface area contributed by atoms with Crippen molar-refractivity contribution in [3.63, 3.8) is 0 Å². The Labute approximate surface area is 86.7 Å². The number of carbonyl (C=O) groups excluding carboxylic acids is 1. The van der Waals surface area contributed by atoms with Crippen molar-refractivity contribution in [3.8, 4) is 0 Å². The molecule has 1 unspecified atom stereocenters. The molecule has 1 aliphatic rings. The fraction of sp³-hybridized carbons (Fsp3) is 0.556. The molecule has 0 aromatic heterocycles. The number of aliphatic carboxylic acids is 1. The second-order valence-electron chi connectivity index (χ2n) is 3.18. The summed E-state index contributed by atoms with van der Waals surface area (Å²) in [7, 11) is 0. The summed E-state index contributed by atoms with van der Waals surface area (Å²) in [4.78, 5) is 23.0. The molecule has 15 heavy (non-hydrogen) atoms. The Kier molecular flexibility index (Phi) is 4.26. The molecule has 0 aromatic rings. The zero-order valence-corrected chi connectivity index (χ0v) is 8.13. The summed E-state index contributed by atoms with van der Waals surface area (Å²) in [6.45, 7) is 1.08. The summed E-state index contributed by atoms with van der Waals surface area (Å²) < 4.78 is 5.03. The molecule has 6 nitrogen and oxygen atoms in total. The molecule has 1 heterocycles. The van der Waals surface area contributed by atoms with Crippen molar-refractivity contribution >= 4 is 11.9 Å². The maximum atomic E-state index is 11.4. The van der Waals surface area contributed by atoms with Gasteiger partial charge in [0.05, 0.1) is 19.3 Å². The van der Waals surface area contributed by atoms with Gasteiger partial charge in [-0.2, -0.15) is 0 Å². The van der Waals surface area contributed by atoms with Crippen LogP contribution in [0.25, 0.3) is 0 Å². The first kappa shape index (κ1) is 11.7. The fourth-order valence-electron chi connectivity index (χ4n) is 1.24. The summed E-state index contributed by atoms with van der Waals surface area (Å²) in [5.74, 6) is -1.60. The molecule has 0 spiro atoms. The van der Waals surface area contributed by atoms with Crippen molar-refractivity contribution in [1.82, 2.24) is 4.90 Å². The second-order valence-corrected chi connectivity index (χ2v) is 3.18. The van der Waals surface area contributed by atoms with Crippen molar-refractivity contribution in [2.75, 3.05) is 26.3 Å². The van der Waals surface area contributed by atoms with E-state index in [-0.39, 0.29) is 13.2 Å². The number of carboxylic acids is 1. The second kappa shape index (κ2) is 5.47. The van der Waals surface area contributed by atoms with E-state index in [2.05, 4.69) is 0 Å². The third kappa shape index (κ3) is 4.09. The quantitative estimate of drug-likeness (QED) is 0.568. The molecule has 84 valence electrons. The SMILES string of the molecule is O=C(O)/C=C\C(=O)N1CCOCC(O)C1. The van der Waals surface area contributed by atoms with Crippen LogP contribution in [0.2, 0.25) is 0 Å². The van der Waals surface area contributed by atoms with Crippen LogP contribution in [-0.2, 0) is 14.3 Å². The van der Waals surface area contributed by atoms with Gasteiger partial charge in [0.25, 0.3) is 0 Å². The monoisotopic (exact) mass is 215 g/mol. The van der Waals surface area contributed by atoms with E-state index in [4.69, 9.17) is 9.84 Å². The molecule has 1 atom stereocenters. The molecule has 1 fully saturated rings. The van der Waals surface area contributed by atoms with Crippen LogP contribution in [0.5, 0.6) is 0 Å². The van der Waals surface area contributed by atoms with Crippen LogP contribution >= 0.6 is 0 Å². The minimum atomic E-state index is -1.17. The van der Waals surface area contributed by atoms with Crippen molar-refractivity contribution < 1.29 is 24.5 Å². The van der Waals surface area contributed by atoms with E-state index >= 15 is 0 Å². The predicted molar refractivity (Wildman–Crippen MR) is 50.2 cm³/mol. The van der Waals surface area contributed by atoms with Gasteiger partial charge in [0.15, 0.2) is 0 Å². The number of β-amino-alcohol motifs (C(OH)–C–C–N with tert-alkyl or cyclic N) is 1. The Bertz CT molecular complexity index is 276. The highest BCUT2D eigenvalue weighted by molar-refractivity contribution is 5.93. The summed E-state index contributed by atoms with van der Waals surface area (Å²) >= 11 is 0. The van der Waals surface area contributed by atoms with E-state index in [0.717, 1.165) is 12.2 Å². The van der Waals surface area contributed by atoms with Crippen LogP contribution in [0.4, 0.5) is 0 Å². The topological polar surface area (TPSA) is 87.1 Å². The van der Waals surface area contributed by atoms with Crippen LogP contribution in [0.15, 0.2) is 12.2 Å². The minimum Gasteiger partial charge on any atom is -0.478 e. The predicted octanol–water partition coefficient (Wildman–Crippen LogP) is -1.15. The van der Waals surface area contributed by atoms with Gasteiger partial charge in [-0.05, 0) is 0 Å². The van der Waals surface area contributed by atoms with Crippen LogP contribution in [0.1, 0.15) is 0 Å². The number of hydrogen-bond donors (Lipinski definition) is 2. The number of aliphatic hydroxyl groups excluding tert-OH is 1. The van der Waals surface area contributed by atoms with Crippen LogP contribution in [-0.4, -0.2) is 59.4 Å². The smallest absolute Gasteiger partial charge is 0.328 e. The molecule has 0 bridgehead atoms. The Hall–Kier alpha value is -1.40. The van der Waals surface area contributed by atoms with Crippen LogP contribution in [0, 0.1) is 0 Å². The zero-order valence-electron chi connectivity index (χ0n) is 8.13. The van der Waals surface area contributed by atoms with Gasteiger partial charge in [-0.3, -0.25) is 4.79 Å². The van der Waals surface area contributed by atoms with E-state index < -0.39 is 18.0 Å². The Balaban J connectivity index is 2.53. The number of hydrogen-bond acceptors (Lipinski definition) is 4. The molecule has 1 saturated heterocycles. The highest BCUT2D eigenvalue weighted by atomic mass is 16.5. The molecule has 0 aromatic carbocycles. The summed E-state index contributed by atoms with van der Waals surface area (Å²) in [6, 6.07) is 0. The first-order valence-corrected chi connectivity index (χ1v) is 4.55. The number of ether oxygens (including phenoxy) is 1. The van der Waals surface area contributed by atoms with Crippen molar-refractivity contribution in [3.05, 3.63) is 12.2 Å². The standard InChI is InChI=1S/C9H13NO5/c11-7-5-10(3-4-15-6-7)8(12)1-2-9(13)14/h1-2,7,11H,3-6H2,(H,13,14)/b2-1-. The number of carboxylic acid groups (broad SMARTS) is 1. The fourth-order valence-corrected chi connectivity index (χ4v) is 1.24. The van der Waals surface area contributed by atoms with E-state index in [0.29, 0.717) is 13.2 Å². The first-order chi connectivity index (χ1) is 7.09. The van der Waals surface area contributed by atoms with Crippen molar-refractivity contribution in [2.24, 2.45) is 0 Å². The van der Waals surface area contributed by atoms with Gasteiger partial charge < -0.3 is 19.8 Å². The van der Waals surface area contributed by atoms with Gasteiger partial charge in [0.1, 0.15) is 0 Å². The molecule has 1 amide bonds. The Morgan fingerprint density at radius 1 is 1.40 bits per heavy atom. The molecule has 0 saturated carbocycles. The number of nitrogens with zero attached hydrogens (tertiary/aromatic N) is 1. The number of aliphatic hydroxyl groups is 1. The molecule has 0 radical (unpaired) electrons. The van der Waals surface area contributed by atoms with E-state index in [1.807, 2.05) is 0 Å². The van der Waals surface area contributed by atoms with E-state index in [1.165, 1.54) is 4.90 Å². The van der Waals surface area contributed by atoms with Crippen LogP contribution in [0.3, 0.4) is 0 Å². The zero-order chi connectivity index (χ0) is 11.3. The molecular formula is C9H13NO5. The van der Waals surface area contributed by atoms with Gasteiger partial charge in [-0.1, -0.05) is 0 Å². The minimum absolute atomic E-state index is 0.169. The lowest BCUT2D eigenvalue weighted by Crippen LogP contribution is -2.36. The Morgan fingerprint density at radius 2 is 2.13 bits per heavy atom.